The fraction of sp³-hybridized carbons (Fsp3) is 0.650. The van der Waals surface area contributed by atoms with Gasteiger partial charge in [-0.15, -0.1) is 0 Å². The van der Waals surface area contributed by atoms with Gasteiger partial charge < -0.3 is 15.0 Å². The number of hydrogen-bond donors (Lipinski definition) is 2. The van der Waals surface area contributed by atoms with E-state index in [4.69, 9.17) is 10.1 Å². The topological polar surface area (TPSA) is 51.6 Å². The van der Waals surface area contributed by atoms with E-state index in [1.165, 1.54) is 51.9 Å². The van der Waals surface area contributed by atoms with Gasteiger partial charge in [0.05, 0.1) is 12.2 Å². The van der Waals surface area contributed by atoms with Crippen molar-refractivity contribution >= 4 is 11.6 Å². The predicted octanol–water partition coefficient (Wildman–Crippen LogP) is 3.02. The highest BCUT2D eigenvalue weighted by atomic mass is 16.5. The van der Waals surface area contributed by atoms with E-state index in [1.807, 2.05) is 31.3 Å². The number of anilines is 1. The zero-order chi connectivity index (χ0) is 17.5. The maximum atomic E-state index is 8.17. The molecule has 1 aromatic carbocycles. The molecule has 2 aliphatic rings. The molecule has 0 bridgehead atoms. The summed E-state index contributed by atoms with van der Waals surface area (Å²) < 4.78 is 5.71. The van der Waals surface area contributed by atoms with Gasteiger partial charge in [0.1, 0.15) is 0 Å². The van der Waals surface area contributed by atoms with Crippen LogP contribution in [0.1, 0.15) is 37.7 Å². The second-order valence-corrected chi connectivity index (χ2v) is 7.17. The Morgan fingerprint density at radius 2 is 2.00 bits per heavy atom. The number of nitrogens with one attached hydrogen (secondary N) is 2. The van der Waals surface area contributed by atoms with Gasteiger partial charge in [-0.05, 0) is 63.9 Å². The zero-order valence-electron chi connectivity index (χ0n) is 15.5. The summed E-state index contributed by atoms with van der Waals surface area (Å²) >= 11 is 0. The number of nitrogens with zero attached hydrogens (tertiary/aromatic N) is 2. The van der Waals surface area contributed by atoms with Gasteiger partial charge in [-0.2, -0.15) is 0 Å². The Morgan fingerprint density at radius 1 is 1.20 bits per heavy atom. The summed E-state index contributed by atoms with van der Waals surface area (Å²) in [5.74, 6) is 0.264. The minimum Gasteiger partial charge on any atom is -0.478 e. The van der Waals surface area contributed by atoms with Crippen molar-refractivity contribution in [1.29, 1.82) is 5.41 Å². The third-order valence-corrected chi connectivity index (χ3v) is 5.44. The molecule has 1 atom stereocenters. The lowest BCUT2D eigenvalue weighted by Gasteiger charge is -2.28. The molecule has 3 rings (SSSR count). The third-order valence-electron chi connectivity index (χ3n) is 5.44. The first-order chi connectivity index (χ1) is 12.3. The molecular formula is C20H32N4O. The maximum absolute atomic E-state index is 8.17. The molecule has 0 radical (unpaired) electrons. The molecule has 0 aromatic heterocycles. The summed E-state index contributed by atoms with van der Waals surface area (Å²) in [6, 6.07) is 8.54. The van der Waals surface area contributed by atoms with Gasteiger partial charge in [-0.1, -0.05) is 12.1 Å². The van der Waals surface area contributed by atoms with Crippen molar-refractivity contribution in [3.05, 3.63) is 29.8 Å². The van der Waals surface area contributed by atoms with Gasteiger partial charge >= 0.3 is 0 Å². The van der Waals surface area contributed by atoms with Gasteiger partial charge in [0, 0.05) is 31.9 Å². The van der Waals surface area contributed by atoms with E-state index in [-0.39, 0.29) is 5.90 Å². The van der Waals surface area contributed by atoms with Crippen LogP contribution in [0.5, 0.6) is 0 Å². The Labute approximate surface area is 151 Å². The van der Waals surface area contributed by atoms with Crippen LogP contribution in [0, 0.1) is 5.41 Å². The van der Waals surface area contributed by atoms with Gasteiger partial charge in [0.15, 0.2) is 0 Å². The molecule has 5 heteroatoms. The van der Waals surface area contributed by atoms with Crippen LogP contribution in [0.15, 0.2) is 24.3 Å². The third kappa shape index (κ3) is 4.95. The molecule has 1 aromatic rings. The van der Waals surface area contributed by atoms with Gasteiger partial charge in [0.25, 0.3) is 0 Å². The molecule has 0 aliphatic carbocycles. The smallest absolute Gasteiger partial charge is 0.215 e. The van der Waals surface area contributed by atoms with Crippen molar-refractivity contribution < 1.29 is 4.74 Å². The van der Waals surface area contributed by atoms with E-state index in [9.17, 15) is 0 Å². The van der Waals surface area contributed by atoms with Gasteiger partial charge in [-0.25, -0.2) is 0 Å². The average Bonchev–Trinajstić information content (AvgIpc) is 3.31. The first kappa shape index (κ1) is 18.2. The number of hydrogen-bond acceptors (Lipinski definition) is 5. The van der Waals surface area contributed by atoms with Crippen LogP contribution < -0.4 is 5.32 Å². The molecule has 2 saturated heterocycles. The molecule has 5 nitrogen and oxygen atoms in total. The second-order valence-electron chi connectivity index (χ2n) is 7.17. The molecule has 25 heavy (non-hydrogen) atoms. The van der Waals surface area contributed by atoms with Gasteiger partial charge in [-0.3, -0.25) is 10.3 Å². The fourth-order valence-electron chi connectivity index (χ4n) is 4.08. The fourth-order valence-corrected chi connectivity index (χ4v) is 4.08. The molecule has 0 unspecified atom stereocenters. The largest absolute Gasteiger partial charge is 0.478 e. The van der Waals surface area contributed by atoms with E-state index in [2.05, 4.69) is 15.1 Å². The SMILES string of the molecule is CNc1ccccc1C(=N)OCCCN1CCC[C@H]1CN1CCCC1. The number of benzene rings is 1. The first-order valence-electron chi connectivity index (χ1n) is 9.73. The number of likely N-dealkylation sites (tertiary alicyclic amines) is 2. The highest BCUT2D eigenvalue weighted by Crippen LogP contribution is 2.20. The van der Waals surface area contributed by atoms with Crippen molar-refractivity contribution in [2.24, 2.45) is 0 Å². The van der Waals surface area contributed by atoms with Crippen molar-refractivity contribution in [3.63, 3.8) is 0 Å². The minimum atomic E-state index is 0.264. The molecular weight excluding hydrogens is 312 g/mol. The highest BCUT2D eigenvalue weighted by molar-refractivity contribution is 5.97. The highest BCUT2D eigenvalue weighted by Gasteiger charge is 2.26. The monoisotopic (exact) mass is 344 g/mol. The zero-order valence-corrected chi connectivity index (χ0v) is 15.5. The van der Waals surface area contributed by atoms with Crippen molar-refractivity contribution in [1.82, 2.24) is 9.80 Å². The van der Waals surface area contributed by atoms with Crippen LogP contribution in [0.3, 0.4) is 0 Å². The summed E-state index contributed by atoms with van der Waals surface area (Å²) in [4.78, 5) is 5.26. The van der Waals surface area contributed by atoms with Crippen LogP contribution in [0.4, 0.5) is 5.69 Å². The normalized spacial score (nSPS) is 21.6. The van der Waals surface area contributed by atoms with E-state index in [0.717, 1.165) is 30.3 Å². The predicted molar refractivity (Wildman–Crippen MR) is 104 cm³/mol. The Morgan fingerprint density at radius 3 is 2.80 bits per heavy atom. The molecule has 0 saturated carbocycles. The van der Waals surface area contributed by atoms with Crippen molar-refractivity contribution in [2.75, 3.05) is 51.7 Å². The quantitative estimate of drug-likeness (QED) is 0.432. The summed E-state index contributed by atoms with van der Waals surface area (Å²) in [7, 11) is 1.87. The van der Waals surface area contributed by atoms with E-state index < -0.39 is 0 Å². The summed E-state index contributed by atoms with van der Waals surface area (Å²) in [5, 5.41) is 11.3. The molecule has 0 spiro atoms. The Hall–Kier alpha value is -1.59. The van der Waals surface area contributed by atoms with Crippen molar-refractivity contribution in [2.45, 2.75) is 38.1 Å². The van der Waals surface area contributed by atoms with Crippen molar-refractivity contribution in [3.8, 4) is 0 Å². The minimum absolute atomic E-state index is 0.264. The molecule has 2 N–H and O–H groups in total. The summed E-state index contributed by atoms with van der Waals surface area (Å²) in [5.41, 5.74) is 1.77. The summed E-state index contributed by atoms with van der Waals surface area (Å²) in [6.45, 7) is 6.74. The van der Waals surface area contributed by atoms with Crippen LogP contribution in [0.25, 0.3) is 0 Å². The van der Waals surface area contributed by atoms with Crippen LogP contribution in [0.2, 0.25) is 0 Å². The summed E-state index contributed by atoms with van der Waals surface area (Å²) in [6.07, 6.45) is 6.39. The average molecular weight is 345 g/mol. The number of para-hydroxylation sites is 1. The maximum Gasteiger partial charge on any atom is 0.215 e. The molecule has 2 aliphatic heterocycles. The van der Waals surface area contributed by atoms with Crippen LogP contribution in [-0.4, -0.2) is 68.1 Å². The van der Waals surface area contributed by atoms with Gasteiger partial charge in [0.2, 0.25) is 5.90 Å². The lowest BCUT2D eigenvalue weighted by Crippen LogP contribution is -2.40. The van der Waals surface area contributed by atoms with Crippen LogP contribution >= 0.6 is 0 Å². The molecule has 2 fully saturated rings. The van der Waals surface area contributed by atoms with E-state index >= 15 is 0 Å². The number of rotatable bonds is 8. The second kappa shape index (κ2) is 9.20. The Balaban J connectivity index is 1.39. The molecule has 0 amide bonds. The lowest BCUT2D eigenvalue weighted by atomic mass is 10.2. The number of ether oxygens (including phenoxy) is 1. The van der Waals surface area contributed by atoms with E-state index in [1.54, 1.807) is 0 Å². The first-order valence-corrected chi connectivity index (χ1v) is 9.73. The Kier molecular flexibility index (Phi) is 6.70. The van der Waals surface area contributed by atoms with Crippen LogP contribution in [-0.2, 0) is 4.74 Å². The standard InChI is InChI=1S/C20H32N4O/c1-22-19-10-3-2-9-18(19)20(21)25-15-7-14-24-13-6-8-17(24)16-23-11-4-5-12-23/h2-3,9-10,17,21-22H,4-8,11-16H2,1H3/t17-/m0/s1. The lowest BCUT2D eigenvalue weighted by molar-refractivity contribution is 0.177. The molecule has 2 heterocycles. The molecule has 138 valence electrons. The Bertz CT molecular complexity index is 556. The van der Waals surface area contributed by atoms with E-state index in [0.29, 0.717) is 6.61 Å².